The van der Waals surface area contributed by atoms with Crippen molar-refractivity contribution in [2.45, 2.75) is 62.1 Å². The van der Waals surface area contributed by atoms with Crippen LogP contribution in [0.3, 0.4) is 0 Å². The molecule has 64 heavy (non-hydrogen) atoms. The first kappa shape index (κ1) is 46.4. The highest BCUT2D eigenvalue weighted by atomic mass is 32.2. The summed E-state index contributed by atoms with van der Waals surface area (Å²) < 4.78 is 82.8. The maximum atomic E-state index is 13.9. The molecule has 4 N–H and O–H groups in total. The molecule has 0 bridgehead atoms. The van der Waals surface area contributed by atoms with E-state index < -0.39 is 55.1 Å². The number of pyridine rings is 2. The van der Waals surface area contributed by atoms with Crippen LogP contribution in [0.2, 0.25) is 0 Å². The molecule has 0 spiro atoms. The molecule has 14 nitrogen and oxygen atoms in total. The number of benzene rings is 4. The Hall–Kier alpha value is -7.10. The Balaban J connectivity index is 0.000000213. The van der Waals surface area contributed by atoms with Crippen molar-refractivity contribution in [1.82, 2.24) is 25.3 Å². The van der Waals surface area contributed by atoms with E-state index in [2.05, 4.69) is 30.6 Å². The van der Waals surface area contributed by atoms with E-state index in [1.807, 2.05) is 19.1 Å². The van der Waals surface area contributed by atoms with Crippen LogP contribution < -0.4 is 16.4 Å². The summed E-state index contributed by atoms with van der Waals surface area (Å²) in [6.07, 6.45) is 2.87. The normalized spacial score (nSPS) is 12.7. The molecule has 1 unspecified atom stereocenters. The molecule has 7 rings (SSSR count). The molecular weight excluding hydrogens is 863 g/mol. The number of carbonyl (C=O) groups is 1. The Kier molecular flexibility index (Phi) is 13.3. The molecule has 330 valence electrons. The van der Waals surface area contributed by atoms with Gasteiger partial charge >= 0.3 is 6.09 Å². The number of nitrogens with two attached hydrogens (primary N) is 1. The molecule has 18 heteroatoms. The van der Waals surface area contributed by atoms with Crippen LogP contribution >= 0.6 is 0 Å². The first-order chi connectivity index (χ1) is 30.0. The number of fused-ring (bicyclic) bond motifs is 2. The van der Waals surface area contributed by atoms with Crippen LogP contribution in [0, 0.1) is 23.0 Å². The SMILES string of the molecule is CC(NC(=O)OC(C)(C)C)c1cc2ccc(F)cc2nc1-c1ccccc1S(C)(=O)=O.C[C@H](Nc1ncnc(N)c1C#N)c1cc2ccc(F)cc2nc1-c1ccccc1S(C)(=O)=O. The lowest BCUT2D eigenvalue weighted by Crippen LogP contribution is -2.34. The molecule has 2 atom stereocenters. The maximum absolute atomic E-state index is 13.9. The van der Waals surface area contributed by atoms with E-state index in [4.69, 9.17) is 10.5 Å². The van der Waals surface area contributed by atoms with Gasteiger partial charge in [0.15, 0.2) is 19.7 Å². The van der Waals surface area contributed by atoms with E-state index >= 15 is 0 Å². The fourth-order valence-corrected chi connectivity index (χ4v) is 8.62. The second kappa shape index (κ2) is 18.3. The molecule has 1 amide bonds. The summed E-state index contributed by atoms with van der Waals surface area (Å²) in [7, 11) is -7.13. The van der Waals surface area contributed by atoms with Crippen molar-refractivity contribution in [2.75, 3.05) is 23.6 Å². The standard InChI is InChI=1S/C23H19FN6O2S.C23H25FN2O4S/c1-13(29-23-18(11-25)22(26)27-12-28-23)17-9-14-7-8-15(24)10-19(14)30-21(17)16-5-3-4-6-20(16)33(2,31)32;1-14(25-22(27)30-23(2,3)4)18-12-15-10-11-16(24)13-19(15)26-21(18)17-8-6-7-9-20(17)31(5,28)29/h3-10,12-13H,1-2H3,(H3,26,27,28,29);6-14H,1-5H3,(H,25,27)/t13-;/m0./s1. The third-order valence-electron chi connectivity index (χ3n) is 9.71. The molecule has 3 aromatic heterocycles. The zero-order valence-corrected chi connectivity index (χ0v) is 37.4. The summed E-state index contributed by atoms with van der Waals surface area (Å²) in [6.45, 7) is 8.85. The molecule has 0 radical (unpaired) electrons. The largest absolute Gasteiger partial charge is 0.444 e. The number of aromatic nitrogens is 4. The lowest BCUT2D eigenvalue weighted by Gasteiger charge is -2.23. The number of nitriles is 1. The number of hydrogen-bond donors (Lipinski definition) is 3. The number of hydrogen-bond acceptors (Lipinski definition) is 13. The molecule has 0 aliphatic heterocycles. The number of amides is 1. The van der Waals surface area contributed by atoms with Crippen molar-refractivity contribution in [1.29, 1.82) is 5.26 Å². The van der Waals surface area contributed by atoms with Gasteiger partial charge < -0.3 is 21.1 Å². The number of sulfone groups is 2. The van der Waals surface area contributed by atoms with Gasteiger partial charge in [-0.3, -0.25) is 0 Å². The van der Waals surface area contributed by atoms with Gasteiger partial charge in [-0.2, -0.15) is 5.26 Å². The van der Waals surface area contributed by atoms with Crippen LogP contribution in [0.1, 0.15) is 63.4 Å². The number of carbonyl (C=O) groups excluding carboxylic acids is 1. The van der Waals surface area contributed by atoms with Crippen LogP contribution in [-0.2, 0) is 24.4 Å². The van der Waals surface area contributed by atoms with Crippen molar-refractivity contribution in [2.24, 2.45) is 0 Å². The van der Waals surface area contributed by atoms with E-state index in [0.29, 0.717) is 55.4 Å². The molecule has 3 heterocycles. The minimum Gasteiger partial charge on any atom is -0.444 e. The predicted molar refractivity (Wildman–Crippen MR) is 241 cm³/mol. The number of ether oxygens (including phenoxy) is 1. The second-order valence-electron chi connectivity index (χ2n) is 15.9. The van der Waals surface area contributed by atoms with Gasteiger partial charge in [-0.1, -0.05) is 36.4 Å². The van der Waals surface area contributed by atoms with Gasteiger partial charge in [0, 0.05) is 57.7 Å². The predicted octanol–water partition coefficient (Wildman–Crippen LogP) is 8.89. The van der Waals surface area contributed by atoms with Gasteiger partial charge in [0.2, 0.25) is 0 Å². The van der Waals surface area contributed by atoms with Crippen LogP contribution in [0.4, 0.5) is 25.2 Å². The fraction of sp³-hybridized carbons (Fsp3) is 0.217. The molecule has 0 aliphatic rings. The number of nitrogens with one attached hydrogen (secondary N) is 2. The van der Waals surface area contributed by atoms with E-state index in [-0.39, 0.29) is 27.0 Å². The minimum absolute atomic E-state index is 0.0388. The van der Waals surface area contributed by atoms with Gasteiger partial charge in [0.05, 0.1) is 44.3 Å². The Morgan fingerprint density at radius 2 is 1.20 bits per heavy atom. The van der Waals surface area contributed by atoms with E-state index in [1.165, 1.54) is 42.7 Å². The molecular formula is C46H44F2N8O6S2. The number of alkyl carbamates (subject to hydrolysis) is 1. The van der Waals surface area contributed by atoms with Crippen molar-refractivity contribution in [3.8, 4) is 28.6 Å². The second-order valence-corrected chi connectivity index (χ2v) is 19.9. The van der Waals surface area contributed by atoms with Crippen molar-refractivity contribution < 1.29 is 35.1 Å². The third-order valence-corrected chi connectivity index (χ3v) is 12.0. The lowest BCUT2D eigenvalue weighted by atomic mass is 9.98. The quantitative estimate of drug-likeness (QED) is 0.123. The molecule has 0 saturated carbocycles. The van der Waals surface area contributed by atoms with E-state index in [9.17, 15) is 35.7 Å². The van der Waals surface area contributed by atoms with Gasteiger partial charge in [0.1, 0.15) is 46.8 Å². The molecule has 0 fully saturated rings. The number of halogens is 2. The molecule has 7 aromatic rings. The third kappa shape index (κ3) is 10.7. The Morgan fingerprint density at radius 3 is 1.66 bits per heavy atom. The van der Waals surface area contributed by atoms with Crippen molar-refractivity contribution >= 4 is 59.2 Å². The number of rotatable bonds is 9. The Morgan fingerprint density at radius 1 is 0.734 bits per heavy atom. The summed E-state index contributed by atoms with van der Waals surface area (Å²) >= 11 is 0. The van der Waals surface area contributed by atoms with Crippen molar-refractivity contribution in [3.63, 3.8) is 0 Å². The van der Waals surface area contributed by atoms with Gasteiger partial charge in [-0.25, -0.2) is 50.3 Å². The Labute approximate surface area is 369 Å². The lowest BCUT2D eigenvalue weighted by molar-refractivity contribution is 0.0508. The van der Waals surface area contributed by atoms with Crippen LogP contribution in [-0.4, -0.2) is 61.0 Å². The highest BCUT2D eigenvalue weighted by Crippen LogP contribution is 2.37. The monoisotopic (exact) mass is 906 g/mol. The summed E-state index contributed by atoms with van der Waals surface area (Å²) in [6, 6.07) is 25.9. The fourth-order valence-electron chi connectivity index (χ4n) is 6.84. The first-order valence-corrected chi connectivity index (χ1v) is 23.4. The van der Waals surface area contributed by atoms with Crippen LogP contribution in [0.15, 0.2) is 113 Å². The molecule has 0 saturated heterocycles. The summed E-state index contributed by atoms with van der Waals surface area (Å²) in [5.74, 6) is -0.627. The topological polar surface area (TPSA) is 220 Å². The van der Waals surface area contributed by atoms with Crippen LogP contribution in [0.5, 0.6) is 0 Å². The minimum atomic E-state index is -3.58. The highest BCUT2D eigenvalue weighted by molar-refractivity contribution is 7.91. The maximum Gasteiger partial charge on any atom is 0.408 e. The highest BCUT2D eigenvalue weighted by Gasteiger charge is 2.25. The van der Waals surface area contributed by atoms with Crippen LogP contribution in [0.25, 0.3) is 44.3 Å². The smallest absolute Gasteiger partial charge is 0.408 e. The van der Waals surface area contributed by atoms with Gasteiger partial charge in [-0.05, 0) is 83.1 Å². The van der Waals surface area contributed by atoms with Gasteiger partial charge in [0.25, 0.3) is 0 Å². The Bertz CT molecular complexity index is 3210. The van der Waals surface area contributed by atoms with Crippen molar-refractivity contribution in [3.05, 3.63) is 132 Å². The molecule has 0 aliphatic carbocycles. The van der Waals surface area contributed by atoms with E-state index in [1.54, 1.807) is 82.3 Å². The molecule has 4 aromatic carbocycles. The summed E-state index contributed by atoms with van der Waals surface area (Å²) in [5.41, 5.74) is 8.68. The number of nitrogens with zero attached hydrogens (tertiary/aromatic N) is 5. The average molecular weight is 907 g/mol. The zero-order chi connectivity index (χ0) is 46.7. The first-order valence-electron chi connectivity index (χ1n) is 19.6. The summed E-state index contributed by atoms with van der Waals surface area (Å²) in [4.78, 5) is 29.7. The van der Waals surface area contributed by atoms with Gasteiger partial charge in [-0.15, -0.1) is 0 Å². The number of anilines is 2. The van der Waals surface area contributed by atoms with E-state index in [0.717, 1.165) is 12.5 Å². The number of nitrogen functional groups attached to an aromatic ring is 1. The average Bonchev–Trinajstić information content (AvgIpc) is 3.21. The zero-order valence-electron chi connectivity index (χ0n) is 35.8. The summed E-state index contributed by atoms with van der Waals surface area (Å²) in [5, 5.41) is 16.7.